The fraction of sp³-hybridized carbons (Fsp3) is 0.414. The van der Waals surface area contributed by atoms with Crippen LogP contribution in [0.5, 0.6) is 0 Å². The summed E-state index contributed by atoms with van der Waals surface area (Å²) >= 11 is 1.56. The Balaban J connectivity index is 1.13. The molecule has 2 aliphatic heterocycles. The second-order valence-electron chi connectivity index (χ2n) is 9.73. The van der Waals surface area contributed by atoms with Crippen LogP contribution < -0.4 is 5.32 Å². The van der Waals surface area contributed by atoms with Crippen LogP contribution in [-0.4, -0.2) is 59.0 Å². The largest absolute Gasteiger partial charge is 0.465 e. The first-order chi connectivity index (χ1) is 17.7. The number of amides is 1. The van der Waals surface area contributed by atoms with Crippen LogP contribution in [0.15, 0.2) is 60.9 Å². The van der Waals surface area contributed by atoms with Crippen molar-refractivity contribution in [3.05, 3.63) is 77.6 Å². The Kier molecular flexibility index (Phi) is 8.18. The number of nitrogens with one attached hydrogen (secondary N) is 1. The Bertz CT molecular complexity index is 1210. The predicted molar refractivity (Wildman–Crippen MR) is 144 cm³/mol. The zero-order chi connectivity index (χ0) is 24.7. The predicted octanol–water partition coefficient (Wildman–Crippen LogP) is 4.47. The third kappa shape index (κ3) is 6.26. The molecule has 2 atom stereocenters. The van der Waals surface area contributed by atoms with E-state index in [0.29, 0.717) is 30.4 Å². The molecule has 188 valence electrons. The molecule has 5 rings (SSSR count). The fourth-order valence-corrected chi connectivity index (χ4v) is 6.28. The normalized spacial score (nSPS) is 20.4. The second kappa shape index (κ2) is 11.9. The number of cyclic esters (lactones) is 1. The number of likely N-dealkylation sites (tertiary alicyclic amines) is 1. The first kappa shape index (κ1) is 24.8. The van der Waals surface area contributed by atoms with Crippen molar-refractivity contribution in [1.82, 2.24) is 15.2 Å². The van der Waals surface area contributed by atoms with Gasteiger partial charge in [-0.25, -0.2) is 0 Å². The van der Waals surface area contributed by atoms with Crippen LogP contribution in [0.25, 0.3) is 10.8 Å². The van der Waals surface area contributed by atoms with Crippen molar-refractivity contribution in [1.29, 1.82) is 0 Å². The lowest BCUT2D eigenvalue weighted by Gasteiger charge is -2.33. The van der Waals surface area contributed by atoms with Crippen molar-refractivity contribution in [3.63, 3.8) is 0 Å². The van der Waals surface area contributed by atoms with E-state index in [9.17, 15) is 9.59 Å². The Labute approximate surface area is 216 Å². The lowest BCUT2D eigenvalue weighted by Crippen LogP contribution is -2.35. The highest BCUT2D eigenvalue weighted by Gasteiger charge is 2.26. The minimum absolute atomic E-state index is 0.0617. The van der Waals surface area contributed by atoms with Gasteiger partial charge in [0.25, 0.3) is 5.91 Å². The summed E-state index contributed by atoms with van der Waals surface area (Å²) in [6, 6.07) is 16.6. The van der Waals surface area contributed by atoms with Crippen LogP contribution in [0.3, 0.4) is 0 Å². The van der Waals surface area contributed by atoms with E-state index >= 15 is 0 Å². The van der Waals surface area contributed by atoms with Gasteiger partial charge in [-0.1, -0.05) is 30.3 Å². The molecular formula is C29H33N3O3S. The molecule has 2 saturated heterocycles. The maximum Gasteiger partial charge on any atom is 0.319 e. The Morgan fingerprint density at radius 1 is 1.17 bits per heavy atom. The van der Waals surface area contributed by atoms with Gasteiger partial charge in [0.1, 0.15) is 5.25 Å². The first-order valence-corrected chi connectivity index (χ1v) is 13.9. The fourth-order valence-electron chi connectivity index (χ4n) is 5.31. The molecule has 0 spiro atoms. The molecule has 36 heavy (non-hydrogen) atoms. The van der Waals surface area contributed by atoms with Crippen molar-refractivity contribution in [2.24, 2.45) is 5.92 Å². The quantitative estimate of drug-likeness (QED) is 0.343. The summed E-state index contributed by atoms with van der Waals surface area (Å²) in [7, 11) is 0. The van der Waals surface area contributed by atoms with Gasteiger partial charge in [-0.2, -0.15) is 0 Å². The molecule has 1 amide bonds. The maximum atomic E-state index is 12.7. The van der Waals surface area contributed by atoms with E-state index in [4.69, 9.17) is 4.74 Å². The van der Waals surface area contributed by atoms with E-state index in [1.807, 2.05) is 30.6 Å². The first-order valence-electron chi connectivity index (χ1n) is 12.8. The van der Waals surface area contributed by atoms with Crippen molar-refractivity contribution in [2.75, 3.05) is 32.0 Å². The van der Waals surface area contributed by atoms with Crippen molar-refractivity contribution < 1.29 is 14.3 Å². The van der Waals surface area contributed by atoms with E-state index in [-0.39, 0.29) is 17.1 Å². The molecule has 0 bridgehead atoms. The Hall–Kier alpha value is -2.90. The van der Waals surface area contributed by atoms with Crippen LogP contribution in [0.1, 0.15) is 40.7 Å². The second-order valence-corrected chi connectivity index (χ2v) is 11.0. The summed E-state index contributed by atoms with van der Waals surface area (Å²) in [4.78, 5) is 31.0. The number of hydrogen-bond donors (Lipinski definition) is 1. The molecule has 2 unspecified atom stereocenters. The number of fused-ring (bicyclic) bond motifs is 1. The smallest absolute Gasteiger partial charge is 0.319 e. The SMILES string of the molecule is O=C(NCCSC1CCOC1=O)c1cccc(CN2CCCC(Cc3cccc4cnccc34)C2)c1. The van der Waals surface area contributed by atoms with E-state index in [2.05, 4.69) is 45.5 Å². The van der Waals surface area contributed by atoms with Crippen LogP contribution in [-0.2, 0) is 22.5 Å². The van der Waals surface area contributed by atoms with E-state index in [1.54, 1.807) is 11.8 Å². The van der Waals surface area contributed by atoms with Crippen molar-refractivity contribution in [2.45, 2.75) is 37.5 Å². The zero-order valence-corrected chi connectivity index (χ0v) is 21.3. The topological polar surface area (TPSA) is 71.5 Å². The van der Waals surface area contributed by atoms with Crippen molar-refractivity contribution >= 4 is 34.4 Å². The molecule has 2 aromatic carbocycles. The number of pyridine rings is 1. The van der Waals surface area contributed by atoms with Gasteiger partial charge in [-0.15, -0.1) is 11.8 Å². The minimum Gasteiger partial charge on any atom is -0.465 e. The molecule has 0 saturated carbocycles. The minimum atomic E-state index is -0.131. The monoisotopic (exact) mass is 503 g/mol. The molecule has 6 nitrogen and oxygen atoms in total. The molecule has 0 radical (unpaired) electrons. The summed E-state index contributed by atoms with van der Waals surface area (Å²) in [5.74, 6) is 1.13. The number of rotatable bonds is 9. The van der Waals surface area contributed by atoms with Gasteiger partial charge in [0.05, 0.1) is 6.61 Å². The summed E-state index contributed by atoms with van der Waals surface area (Å²) in [5, 5.41) is 5.42. The van der Waals surface area contributed by atoms with Crippen LogP contribution in [0, 0.1) is 5.92 Å². The molecule has 3 heterocycles. The Morgan fingerprint density at radius 3 is 2.97 bits per heavy atom. The van der Waals surface area contributed by atoms with Gasteiger partial charge in [0.15, 0.2) is 0 Å². The van der Waals surface area contributed by atoms with Crippen molar-refractivity contribution in [3.8, 4) is 0 Å². The van der Waals surface area contributed by atoms with E-state index < -0.39 is 0 Å². The van der Waals surface area contributed by atoms with E-state index in [1.165, 1.54) is 34.7 Å². The molecule has 2 aliphatic rings. The average Bonchev–Trinajstić information content (AvgIpc) is 3.31. The number of nitrogens with zero attached hydrogens (tertiary/aromatic N) is 2. The average molecular weight is 504 g/mol. The Morgan fingerprint density at radius 2 is 2.08 bits per heavy atom. The summed E-state index contributed by atoms with van der Waals surface area (Å²) < 4.78 is 4.99. The van der Waals surface area contributed by atoms with Gasteiger partial charge in [0, 0.05) is 55.2 Å². The number of ether oxygens (including phenoxy) is 1. The third-order valence-electron chi connectivity index (χ3n) is 7.07. The molecule has 1 aromatic heterocycles. The number of carbonyl (C=O) groups excluding carboxylic acids is 2. The zero-order valence-electron chi connectivity index (χ0n) is 20.5. The standard InChI is InChI=1S/C29H33N3O3S/c33-28(31-12-15-36-27-10-14-35-29(27)34)24-7-1-4-21(17-24)19-32-13-3-5-22(20-32)16-23-6-2-8-25-18-30-11-9-26(23)25/h1-2,4,6-9,11,17-18,22,27H,3,5,10,12-16,19-20H2,(H,31,33). The molecule has 0 aliphatic carbocycles. The molecule has 3 aromatic rings. The maximum absolute atomic E-state index is 12.7. The van der Waals surface area contributed by atoms with Gasteiger partial charge in [-0.05, 0) is 66.4 Å². The van der Waals surface area contributed by atoms with Crippen LogP contribution in [0.2, 0.25) is 0 Å². The van der Waals surface area contributed by atoms with Crippen LogP contribution in [0.4, 0.5) is 0 Å². The van der Waals surface area contributed by atoms with Crippen LogP contribution >= 0.6 is 11.8 Å². The summed E-state index contributed by atoms with van der Waals surface area (Å²) in [6.07, 6.45) is 8.11. The highest BCUT2D eigenvalue weighted by molar-refractivity contribution is 8.00. The number of hydrogen-bond acceptors (Lipinski definition) is 6. The number of aromatic nitrogens is 1. The number of benzene rings is 2. The number of carbonyl (C=O) groups is 2. The number of thioether (sulfide) groups is 1. The molecule has 7 heteroatoms. The highest BCUT2D eigenvalue weighted by Crippen LogP contribution is 2.26. The van der Waals surface area contributed by atoms with Gasteiger partial charge in [0.2, 0.25) is 0 Å². The summed E-state index contributed by atoms with van der Waals surface area (Å²) in [5.41, 5.74) is 3.27. The van der Waals surface area contributed by atoms with Gasteiger partial charge in [-0.3, -0.25) is 19.5 Å². The molecule has 2 fully saturated rings. The van der Waals surface area contributed by atoms with Gasteiger partial charge >= 0.3 is 5.97 Å². The lowest BCUT2D eigenvalue weighted by molar-refractivity contribution is -0.137. The number of esters is 1. The van der Waals surface area contributed by atoms with E-state index in [0.717, 1.165) is 32.5 Å². The highest BCUT2D eigenvalue weighted by atomic mass is 32.2. The van der Waals surface area contributed by atoms with Gasteiger partial charge < -0.3 is 10.1 Å². The lowest BCUT2D eigenvalue weighted by atomic mass is 9.89. The molecular weight excluding hydrogens is 470 g/mol. The molecule has 1 N–H and O–H groups in total. The third-order valence-corrected chi connectivity index (χ3v) is 8.34. The summed E-state index contributed by atoms with van der Waals surface area (Å²) in [6.45, 7) is 4.06. The number of piperidine rings is 1.